The van der Waals surface area contributed by atoms with Crippen LogP contribution in [0.1, 0.15) is 31.7 Å². The van der Waals surface area contributed by atoms with E-state index in [2.05, 4.69) is 24.0 Å². The van der Waals surface area contributed by atoms with Gasteiger partial charge in [-0.3, -0.25) is 0 Å². The van der Waals surface area contributed by atoms with E-state index in [1.165, 1.54) is 31.4 Å². The number of ether oxygens (including phenoxy) is 1. The molecule has 0 aliphatic carbocycles. The van der Waals surface area contributed by atoms with Crippen molar-refractivity contribution in [2.75, 3.05) is 32.0 Å². The maximum atomic E-state index is 5.97. The van der Waals surface area contributed by atoms with E-state index in [0.717, 1.165) is 31.8 Å². The fraction of sp³-hybridized carbons (Fsp3) is 0.625. The molecule has 2 rings (SSSR count). The topological polar surface area (TPSA) is 38.5 Å². The van der Waals surface area contributed by atoms with Gasteiger partial charge in [0.25, 0.3) is 0 Å². The molecule has 1 aliphatic rings. The molecule has 0 amide bonds. The Morgan fingerprint density at radius 2 is 2.21 bits per heavy atom. The van der Waals surface area contributed by atoms with Crippen LogP contribution in [0.4, 0.5) is 5.69 Å². The van der Waals surface area contributed by atoms with Crippen molar-refractivity contribution in [1.29, 1.82) is 0 Å². The van der Waals surface area contributed by atoms with Crippen LogP contribution in [0, 0.1) is 0 Å². The minimum atomic E-state index is 0.445. The third kappa shape index (κ3) is 4.51. The van der Waals surface area contributed by atoms with Gasteiger partial charge in [0, 0.05) is 18.8 Å². The molecular formula is C16H26N2O. The van der Waals surface area contributed by atoms with Crippen LogP contribution in [0.15, 0.2) is 24.3 Å². The van der Waals surface area contributed by atoms with Crippen LogP contribution in [-0.2, 0) is 11.2 Å². The van der Waals surface area contributed by atoms with Crippen molar-refractivity contribution in [2.24, 2.45) is 0 Å². The molecule has 1 aromatic rings. The summed E-state index contributed by atoms with van der Waals surface area (Å²) in [4.78, 5) is 2.53. The third-order valence-corrected chi connectivity index (χ3v) is 3.84. The first-order valence-electron chi connectivity index (χ1n) is 7.47. The van der Waals surface area contributed by atoms with Gasteiger partial charge in [0.05, 0.1) is 6.10 Å². The van der Waals surface area contributed by atoms with Crippen LogP contribution < -0.4 is 5.73 Å². The fourth-order valence-corrected chi connectivity index (χ4v) is 2.84. The summed E-state index contributed by atoms with van der Waals surface area (Å²) >= 11 is 0. The summed E-state index contributed by atoms with van der Waals surface area (Å²) in [5.41, 5.74) is 8.17. The number of hydrogen-bond acceptors (Lipinski definition) is 3. The summed E-state index contributed by atoms with van der Waals surface area (Å²) in [6.45, 7) is 6.38. The SMILES string of the molecule is CCOC1CCCN(CCCc2ccccc2N)C1. The zero-order valence-corrected chi connectivity index (χ0v) is 12.0. The van der Waals surface area contributed by atoms with Gasteiger partial charge in [0.15, 0.2) is 0 Å². The Labute approximate surface area is 116 Å². The van der Waals surface area contributed by atoms with Crippen molar-refractivity contribution >= 4 is 5.69 Å². The summed E-state index contributed by atoms with van der Waals surface area (Å²) < 4.78 is 5.74. The van der Waals surface area contributed by atoms with Gasteiger partial charge < -0.3 is 15.4 Å². The molecule has 0 saturated carbocycles. The lowest BCUT2D eigenvalue weighted by atomic mass is 10.1. The van der Waals surface area contributed by atoms with Gasteiger partial charge in [-0.25, -0.2) is 0 Å². The van der Waals surface area contributed by atoms with Crippen molar-refractivity contribution in [1.82, 2.24) is 4.90 Å². The lowest BCUT2D eigenvalue weighted by Crippen LogP contribution is -2.40. The van der Waals surface area contributed by atoms with Crippen LogP contribution in [-0.4, -0.2) is 37.2 Å². The minimum Gasteiger partial charge on any atom is -0.399 e. The van der Waals surface area contributed by atoms with Crippen molar-refractivity contribution < 1.29 is 4.74 Å². The number of para-hydroxylation sites is 1. The van der Waals surface area contributed by atoms with Crippen LogP contribution in [0.2, 0.25) is 0 Å². The molecular weight excluding hydrogens is 236 g/mol. The number of hydrogen-bond donors (Lipinski definition) is 1. The molecule has 1 aliphatic heterocycles. The lowest BCUT2D eigenvalue weighted by Gasteiger charge is -2.32. The summed E-state index contributed by atoms with van der Waals surface area (Å²) in [5, 5.41) is 0. The van der Waals surface area contributed by atoms with E-state index < -0.39 is 0 Å². The summed E-state index contributed by atoms with van der Waals surface area (Å²) in [7, 11) is 0. The quantitative estimate of drug-likeness (QED) is 0.801. The smallest absolute Gasteiger partial charge is 0.0702 e. The Kier molecular flexibility index (Phi) is 5.67. The number of piperidine rings is 1. The number of nitrogen functional groups attached to an aromatic ring is 1. The van der Waals surface area contributed by atoms with Crippen LogP contribution in [0.5, 0.6) is 0 Å². The molecule has 3 heteroatoms. The van der Waals surface area contributed by atoms with Crippen molar-refractivity contribution in [3.8, 4) is 0 Å². The molecule has 0 spiro atoms. The molecule has 2 N–H and O–H groups in total. The zero-order chi connectivity index (χ0) is 13.5. The maximum absolute atomic E-state index is 5.97. The van der Waals surface area contributed by atoms with E-state index in [9.17, 15) is 0 Å². The number of likely N-dealkylation sites (tertiary alicyclic amines) is 1. The molecule has 1 saturated heterocycles. The van der Waals surface area contributed by atoms with Gasteiger partial charge >= 0.3 is 0 Å². The largest absolute Gasteiger partial charge is 0.399 e. The van der Waals surface area contributed by atoms with Gasteiger partial charge in [-0.1, -0.05) is 18.2 Å². The average molecular weight is 262 g/mol. The molecule has 3 nitrogen and oxygen atoms in total. The predicted molar refractivity (Wildman–Crippen MR) is 80.3 cm³/mol. The highest BCUT2D eigenvalue weighted by atomic mass is 16.5. The number of benzene rings is 1. The summed E-state index contributed by atoms with van der Waals surface area (Å²) in [6.07, 6.45) is 5.17. The standard InChI is InChI=1S/C16H26N2O/c1-2-19-15-9-6-12-18(13-15)11-5-8-14-7-3-4-10-16(14)17/h3-4,7,10,15H,2,5-6,8-9,11-13,17H2,1H3. The van der Waals surface area contributed by atoms with Gasteiger partial charge in [-0.15, -0.1) is 0 Å². The van der Waals surface area contributed by atoms with Crippen LogP contribution in [0.25, 0.3) is 0 Å². The van der Waals surface area contributed by atoms with Gasteiger partial charge in [0.1, 0.15) is 0 Å². The Morgan fingerprint density at radius 3 is 3.00 bits per heavy atom. The Balaban J connectivity index is 1.72. The average Bonchev–Trinajstić information content (AvgIpc) is 2.42. The first kappa shape index (κ1) is 14.4. The molecule has 0 aromatic heterocycles. The highest BCUT2D eigenvalue weighted by molar-refractivity contribution is 5.46. The Hall–Kier alpha value is -1.06. The van der Waals surface area contributed by atoms with E-state index in [1.807, 2.05) is 12.1 Å². The number of nitrogens with zero attached hydrogens (tertiary/aromatic N) is 1. The lowest BCUT2D eigenvalue weighted by molar-refractivity contribution is 0.00577. The van der Waals surface area contributed by atoms with E-state index in [0.29, 0.717) is 6.10 Å². The van der Waals surface area contributed by atoms with Crippen LogP contribution >= 0.6 is 0 Å². The first-order valence-corrected chi connectivity index (χ1v) is 7.47. The van der Waals surface area contributed by atoms with Crippen molar-refractivity contribution in [3.63, 3.8) is 0 Å². The second-order valence-corrected chi connectivity index (χ2v) is 5.32. The monoisotopic (exact) mass is 262 g/mol. The van der Waals surface area contributed by atoms with E-state index in [-0.39, 0.29) is 0 Å². The Morgan fingerprint density at radius 1 is 1.37 bits per heavy atom. The summed E-state index contributed by atoms with van der Waals surface area (Å²) in [6, 6.07) is 8.18. The van der Waals surface area contributed by atoms with Gasteiger partial charge in [-0.05, 0) is 57.3 Å². The highest BCUT2D eigenvalue weighted by Gasteiger charge is 2.19. The number of anilines is 1. The third-order valence-electron chi connectivity index (χ3n) is 3.84. The van der Waals surface area contributed by atoms with Gasteiger partial charge in [0.2, 0.25) is 0 Å². The molecule has 1 fully saturated rings. The molecule has 0 bridgehead atoms. The predicted octanol–water partition coefficient (Wildman–Crippen LogP) is 2.70. The van der Waals surface area contributed by atoms with Gasteiger partial charge in [-0.2, -0.15) is 0 Å². The maximum Gasteiger partial charge on any atom is 0.0702 e. The molecule has 106 valence electrons. The normalized spacial score (nSPS) is 20.6. The molecule has 0 radical (unpaired) electrons. The highest BCUT2D eigenvalue weighted by Crippen LogP contribution is 2.16. The molecule has 19 heavy (non-hydrogen) atoms. The zero-order valence-electron chi connectivity index (χ0n) is 12.0. The number of nitrogens with two attached hydrogens (primary N) is 1. The number of aryl methyl sites for hydroxylation is 1. The molecule has 1 atom stereocenters. The van der Waals surface area contributed by atoms with Crippen molar-refractivity contribution in [2.45, 2.75) is 38.7 Å². The molecule has 1 aromatic carbocycles. The van der Waals surface area contributed by atoms with E-state index in [1.54, 1.807) is 0 Å². The molecule has 1 heterocycles. The van der Waals surface area contributed by atoms with Crippen LogP contribution in [0.3, 0.4) is 0 Å². The second kappa shape index (κ2) is 7.51. The molecule has 1 unspecified atom stereocenters. The van der Waals surface area contributed by atoms with E-state index in [4.69, 9.17) is 10.5 Å². The van der Waals surface area contributed by atoms with Crippen molar-refractivity contribution in [3.05, 3.63) is 29.8 Å². The Bertz CT molecular complexity index is 379. The minimum absolute atomic E-state index is 0.445. The summed E-state index contributed by atoms with van der Waals surface area (Å²) in [5.74, 6) is 0. The first-order chi connectivity index (χ1) is 9.29. The fourth-order valence-electron chi connectivity index (χ4n) is 2.84. The second-order valence-electron chi connectivity index (χ2n) is 5.32. The van der Waals surface area contributed by atoms with E-state index >= 15 is 0 Å². The number of rotatable bonds is 6.